The molecule has 1 aromatic carbocycles. The Morgan fingerprint density at radius 3 is 2.89 bits per heavy atom. The zero-order chi connectivity index (χ0) is 13.4. The monoisotopic (exact) mass is 264 g/mol. The van der Waals surface area contributed by atoms with Gasteiger partial charge in [0.05, 0.1) is 30.3 Å². The molecule has 2 fully saturated rings. The first-order valence-electron chi connectivity index (χ1n) is 6.42. The van der Waals surface area contributed by atoms with Gasteiger partial charge in [-0.3, -0.25) is 10.1 Å². The van der Waals surface area contributed by atoms with Crippen molar-refractivity contribution in [2.45, 2.75) is 37.5 Å². The molecule has 1 N–H and O–H groups in total. The number of methoxy groups -OCH3 is 1. The SMILES string of the molecule is COc1cccc(NC2CC3CCC2O3)c1[N+](=O)[O-]. The van der Waals surface area contributed by atoms with Gasteiger partial charge in [-0.25, -0.2) is 0 Å². The van der Waals surface area contributed by atoms with Gasteiger partial charge >= 0.3 is 5.69 Å². The van der Waals surface area contributed by atoms with Crippen LogP contribution >= 0.6 is 0 Å². The van der Waals surface area contributed by atoms with Gasteiger partial charge in [-0.1, -0.05) is 6.07 Å². The van der Waals surface area contributed by atoms with Crippen LogP contribution in [0.25, 0.3) is 0 Å². The fourth-order valence-electron chi connectivity index (χ4n) is 2.98. The molecule has 6 nitrogen and oxygen atoms in total. The summed E-state index contributed by atoms with van der Waals surface area (Å²) in [6.07, 6.45) is 3.53. The number of para-hydroxylation sites is 1. The van der Waals surface area contributed by atoms with Crippen molar-refractivity contribution in [3.05, 3.63) is 28.3 Å². The van der Waals surface area contributed by atoms with E-state index < -0.39 is 4.92 Å². The molecule has 19 heavy (non-hydrogen) atoms. The Morgan fingerprint density at radius 1 is 1.47 bits per heavy atom. The highest BCUT2D eigenvalue weighted by Crippen LogP contribution is 2.39. The highest BCUT2D eigenvalue weighted by Gasteiger charge is 2.41. The van der Waals surface area contributed by atoms with E-state index in [0.717, 1.165) is 19.3 Å². The molecule has 3 rings (SSSR count). The summed E-state index contributed by atoms with van der Waals surface area (Å²) in [6, 6.07) is 5.22. The summed E-state index contributed by atoms with van der Waals surface area (Å²) in [5.74, 6) is 0.277. The van der Waals surface area contributed by atoms with Crippen LogP contribution in [0.5, 0.6) is 5.75 Å². The van der Waals surface area contributed by atoms with Crippen molar-refractivity contribution in [2.75, 3.05) is 12.4 Å². The Kier molecular flexibility index (Phi) is 3.02. The van der Waals surface area contributed by atoms with Crippen molar-refractivity contribution in [1.29, 1.82) is 0 Å². The number of ether oxygens (including phenoxy) is 2. The van der Waals surface area contributed by atoms with Crippen molar-refractivity contribution >= 4 is 11.4 Å². The first kappa shape index (κ1) is 12.2. The molecule has 6 heteroatoms. The highest BCUT2D eigenvalue weighted by molar-refractivity contribution is 5.68. The number of nitrogens with one attached hydrogen (secondary N) is 1. The van der Waals surface area contributed by atoms with Crippen LogP contribution in [0.1, 0.15) is 19.3 Å². The van der Waals surface area contributed by atoms with Crippen LogP contribution in [-0.4, -0.2) is 30.3 Å². The third-order valence-corrected chi connectivity index (χ3v) is 3.85. The van der Waals surface area contributed by atoms with E-state index in [4.69, 9.17) is 9.47 Å². The third-order valence-electron chi connectivity index (χ3n) is 3.85. The second kappa shape index (κ2) is 4.70. The molecule has 2 saturated heterocycles. The summed E-state index contributed by atoms with van der Waals surface area (Å²) in [7, 11) is 1.44. The lowest BCUT2D eigenvalue weighted by Gasteiger charge is -2.21. The van der Waals surface area contributed by atoms with Crippen molar-refractivity contribution < 1.29 is 14.4 Å². The van der Waals surface area contributed by atoms with E-state index in [1.54, 1.807) is 18.2 Å². The maximum atomic E-state index is 11.2. The van der Waals surface area contributed by atoms with Crippen LogP contribution in [0.2, 0.25) is 0 Å². The Bertz CT molecular complexity index is 505. The molecule has 0 aromatic heterocycles. The average molecular weight is 264 g/mol. The molecule has 2 bridgehead atoms. The van der Waals surface area contributed by atoms with Gasteiger partial charge < -0.3 is 14.8 Å². The lowest BCUT2D eigenvalue weighted by Crippen LogP contribution is -2.30. The summed E-state index contributed by atoms with van der Waals surface area (Å²) >= 11 is 0. The number of hydrogen-bond donors (Lipinski definition) is 1. The van der Waals surface area contributed by atoms with Gasteiger partial charge in [0.15, 0.2) is 5.75 Å². The maximum Gasteiger partial charge on any atom is 0.333 e. The molecule has 3 unspecified atom stereocenters. The van der Waals surface area contributed by atoms with E-state index in [9.17, 15) is 10.1 Å². The molecule has 102 valence electrons. The van der Waals surface area contributed by atoms with Crippen LogP contribution in [0, 0.1) is 10.1 Å². The molecule has 2 heterocycles. The Balaban J connectivity index is 1.86. The van der Waals surface area contributed by atoms with Gasteiger partial charge in [-0.2, -0.15) is 0 Å². The Hall–Kier alpha value is -1.82. The number of hydrogen-bond acceptors (Lipinski definition) is 5. The molecule has 0 radical (unpaired) electrons. The second-order valence-corrected chi connectivity index (χ2v) is 4.97. The van der Waals surface area contributed by atoms with E-state index in [2.05, 4.69) is 5.32 Å². The third kappa shape index (κ3) is 2.12. The summed E-state index contributed by atoms with van der Waals surface area (Å²) < 4.78 is 10.8. The number of rotatable bonds is 4. The van der Waals surface area contributed by atoms with Crippen LogP contribution in [0.3, 0.4) is 0 Å². The van der Waals surface area contributed by atoms with Gasteiger partial charge in [-0.05, 0) is 31.4 Å². The predicted octanol–water partition coefficient (Wildman–Crippen LogP) is 2.34. The fraction of sp³-hybridized carbons (Fsp3) is 0.538. The van der Waals surface area contributed by atoms with Crippen molar-refractivity contribution in [2.24, 2.45) is 0 Å². The molecule has 2 aliphatic heterocycles. The van der Waals surface area contributed by atoms with Crippen molar-refractivity contribution in [3.63, 3.8) is 0 Å². The van der Waals surface area contributed by atoms with Gasteiger partial charge in [0.25, 0.3) is 0 Å². The van der Waals surface area contributed by atoms with E-state index in [-0.39, 0.29) is 23.6 Å². The number of nitro benzene ring substituents is 1. The molecule has 0 saturated carbocycles. The van der Waals surface area contributed by atoms with Crippen LogP contribution in [0.4, 0.5) is 11.4 Å². The molecule has 0 aliphatic carbocycles. The van der Waals surface area contributed by atoms with Crippen molar-refractivity contribution in [3.8, 4) is 5.75 Å². The van der Waals surface area contributed by atoms with Gasteiger partial charge in [0.1, 0.15) is 5.69 Å². The summed E-state index contributed by atoms with van der Waals surface area (Å²) in [5, 5.41) is 14.4. The van der Waals surface area contributed by atoms with E-state index >= 15 is 0 Å². The molecule has 1 aromatic rings. The summed E-state index contributed by atoms with van der Waals surface area (Å²) in [6.45, 7) is 0. The van der Waals surface area contributed by atoms with E-state index in [1.165, 1.54) is 7.11 Å². The van der Waals surface area contributed by atoms with Gasteiger partial charge in [0.2, 0.25) is 0 Å². The quantitative estimate of drug-likeness (QED) is 0.667. The molecule has 0 spiro atoms. The van der Waals surface area contributed by atoms with Gasteiger partial charge in [0, 0.05) is 0 Å². The van der Waals surface area contributed by atoms with E-state index in [0.29, 0.717) is 11.8 Å². The predicted molar refractivity (Wildman–Crippen MR) is 69.6 cm³/mol. The number of fused-ring (bicyclic) bond motifs is 2. The lowest BCUT2D eigenvalue weighted by atomic mass is 9.95. The molecule has 3 atom stereocenters. The molecular weight excluding hydrogens is 248 g/mol. The summed E-state index contributed by atoms with van der Waals surface area (Å²) in [4.78, 5) is 10.8. The fourth-order valence-corrected chi connectivity index (χ4v) is 2.98. The second-order valence-electron chi connectivity index (χ2n) is 4.97. The maximum absolute atomic E-state index is 11.2. The smallest absolute Gasteiger partial charge is 0.333 e. The topological polar surface area (TPSA) is 73.6 Å². The Morgan fingerprint density at radius 2 is 2.32 bits per heavy atom. The number of anilines is 1. The van der Waals surface area contributed by atoms with Gasteiger partial charge in [-0.15, -0.1) is 0 Å². The largest absolute Gasteiger partial charge is 0.490 e. The average Bonchev–Trinajstić information content (AvgIpc) is 3.00. The minimum absolute atomic E-state index is 0.00669. The Labute approximate surface area is 110 Å². The van der Waals surface area contributed by atoms with Crippen LogP contribution in [-0.2, 0) is 4.74 Å². The minimum atomic E-state index is -0.408. The molecular formula is C13H16N2O4. The number of nitro groups is 1. The molecule has 2 aliphatic rings. The van der Waals surface area contributed by atoms with Crippen molar-refractivity contribution in [1.82, 2.24) is 0 Å². The van der Waals surface area contributed by atoms with Crippen LogP contribution in [0.15, 0.2) is 18.2 Å². The first-order chi connectivity index (χ1) is 9.19. The van der Waals surface area contributed by atoms with E-state index in [1.807, 2.05) is 0 Å². The zero-order valence-electron chi connectivity index (χ0n) is 10.7. The lowest BCUT2D eigenvalue weighted by molar-refractivity contribution is -0.384. The molecule has 0 amide bonds. The normalized spacial score (nSPS) is 28.4. The standard InChI is InChI=1S/C13H16N2O4/c1-18-12-4-2-3-9(13(12)15(16)17)14-10-7-8-5-6-11(10)19-8/h2-4,8,10-11,14H,5-7H2,1H3. The number of benzene rings is 1. The highest BCUT2D eigenvalue weighted by atomic mass is 16.6. The number of nitrogens with zero attached hydrogens (tertiary/aromatic N) is 1. The first-order valence-corrected chi connectivity index (χ1v) is 6.42. The summed E-state index contributed by atoms with van der Waals surface area (Å²) in [5.41, 5.74) is 0.498. The zero-order valence-corrected chi connectivity index (χ0v) is 10.7. The minimum Gasteiger partial charge on any atom is -0.490 e. The van der Waals surface area contributed by atoms with Crippen LogP contribution < -0.4 is 10.1 Å².